The largest absolute Gasteiger partial charge is 0.492 e. The SMILES string of the molecule is COC1=C(C)C(=O)OC1=C1OC2CCCN3C(C4CC(C)C(=O)O4)CC(O)C3C2C1C. The van der Waals surface area contributed by atoms with Gasteiger partial charge in [0, 0.05) is 23.9 Å². The van der Waals surface area contributed by atoms with E-state index in [9.17, 15) is 14.7 Å². The van der Waals surface area contributed by atoms with Crippen LogP contribution < -0.4 is 0 Å². The van der Waals surface area contributed by atoms with Crippen molar-refractivity contribution in [2.75, 3.05) is 13.7 Å². The van der Waals surface area contributed by atoms with Crippen molar-refractivity contribution in [3.63, 3.8) is 0 Å². The zero-order valence-corrected chi connectivity index (χ0v) is 18.5. The van der Waals surface area contributed by atoms with Crippen LogP contribution >= 0.6 is 0 Å². The summed E-state index contributed by atoms with van der Waals surface area (Å²) in [7, 11) is 1.52. The summed E-state index contributed by atoms with van der Waals surface area (Å²) in [5, 5.41) is 11.1. The molecule has 0 amide bonds. The van der Waals surface area contributed by atoms with Gasteiger partial charge in [-0.25, -0.2) is 4.79 Å². The molecule has 5 rings (SSSR count). The van der Waals surface area contributed by atoms with E-state index in [0.717, 1.165) is 19.4 Å². The zero-order valence-electron chi connectivity index (χ0n) is 18.5. The van der Waals surface area contributed by atoms with Gasteiger partial charge < -0.3 is 24.1 Å². The van der Waals surface area contributed by atoms with Gasteiger partial charge in [-0.2, -0.15) is 0 Å². The molecule has 5 aliphatic rings. The van der Waals surface area contributed by atoms with Crippen molar-refractivity contribution in [2.24, 2.45) is 17.8 Å². The van der Waals surface area contributed by atoms with Gasteiger partial charge in [0.1, 0.15) is 18.0 Å². The molecule has 0 radical (unpaired) electrons. The standard InChI is InChI=1S/C23H31NO7/c1-10-8-16(30-22(10)26)13-9-14(25)18-17-11(2)20(29-15(17)6-5-7-24(13)18)21-19(28-4)12(3)23(27)31-21/h10-11,13-18,25H,5-9H2,1-4H3. The van der Waals surface area contributed by atoms with E-state index in [2.05, 4.69) is 11.8 Å². The number of allylic oxidation sites excluding steroid dienone is 1. The van der Waals surface area contributed by atoms with Crippen LogP contribution in [0.2, 0.25) is 0 Å². The molecule has 8 unspecified atom stereocenters. The smallest absolute Gasteiger partial charge is 0.343 e. The Kier molecular flexibility index (Phi) is 5.05. The lowest BCUT2D eigenvalue weighted by molar-refractivity contribution is -0.146. The monoisotopic (exact) mass is 433 g/mol. The molecule has 8 nitrogen and oxygen atoms in total. The first-order valence-corrected chi connectivity index (χ1v) is 11.3. The summed E-state index contributed by atoms with van der Waals surface area (Å²) in [5.74, 6) is 0.794. The second-order valence-corrected chi connectivity index (χ2v) is 9.62. The Balaban J connectivity index is 1.46. The van der Waals surface area contributed by atoms with Crippen LogP contribution in [-0.4, -0.2) is 66.0 Å². The summed E-state index contributed by atoms with van der Waals surface area (Å²) in [4.78, 5) is 26.5. The highest BCUT2D eigenvalue weighted by molar-refractivity contribution is 5.93. The van der Waals surface area contributed by atoms with Crippen molar-refractivity contribution in [3.8, 4) is 0 Å². The van der Waals surface area contributed by atoms with E-state index in [0.29, 0.717) is 35.7 Å². The number of hydrogen-bond donors (Lipinski definition) is 1. The molecule has 0 aliphatic carbocycles. The van der Waals surface area contributed by atoms with E-state index in [1.807, 2.05) is 6.92 Å². The number of fused-ring (bicyclic) bond motifs is 3. The van der Waals surface area contributed by atoms with Crippen molar-refractivity contribution in [1.82, 2.24) is 4.90 Å². The lowest BCUT2D eigenvalue weighted by Crippen LogP contribution is -2.48. The highest BCUT2D eigenvalue weighted by atomic mass is 16.6. The van der Waals surface area contributed by atoms with Crippen molar-refractivity contribution in [3.05, 3.63) is 22.9 Å². The van der Waals surface area contributed by atoms with Crippen molar-refractivity contribution in [1.29, 1.82) is 0 Å². The van der Waals surface area contributed by atoms with Crippen LogP contribution in [-0.2, 0) is 28.5 Å². The molecule has 8 heteroatoms. The summed E-state index contributed by atoms with van der Waals surface area (Å²) in [6.07, 6.45) is 2.32. The van der Waals surface area contributed by atoms with Crippen LogP contribution in [0.3, 0.4) is 0 Å². The average Bonchev–Trinajstić information content (AvgIpc) is 3.37. The Hall–Kier alpha value is -2.06. The molecule has 4 fully saturated rings. The van der Waals surface area contributed by atoms with Crippen LogP contribution in [0.15, 0.2) is 22.9 Å². The molecule has 0 bridgehead atoms. The maximum atomic E-state index is 12.1. The average molecular weight is 434 g/mol. The first-order chi connectivity index (χ1) is 14.8. The fraction of sp³-hybridized carbons (Fsp3) is 0.739. The van der Waals surface area contributed by atoms with Crippen LogP contribution in [0.25, 0.3) is 0 Å². The van der Waals surface area contributed by atoms with Crippen molar-refractivity contribution < 1.29 is 33.6 Å². The normalized spacial score (nSPS) is 45.2. The molecule has 0 saturated carbocycles. The summed E-state index contributed by atoms with van der Waals surface area (Å²) in [6.45, 7) is 6.51. The number of methoxy groups -OCH3 is 1. The summed E-state index contributed by atoms with van der Waals surface area (Å²) >= 11 is 0. The van der Waals surface area contributed by atoms with Crippen LogP contribution in [0.5, 0.6) is 0 Å². The molecule has 1 N–H and O–H groups in total. The fourth-order valence-corrected chi connectivity index (χ4v) is 6.35. The number of nitrogens with zero attached hydrogens (tertiary/aromatic N) is 1. The number of aliphatic hydroxyl groups is 1. The molecule has 8 atom stereocenters. The lowest BCUT2D eigenvalue weighted by Gasteiger charge is -2.35. The highest BCUT2D eigenvalue weighted by Gasteiger charge is 2.57. The van der Waals surface area contributed by atoms with Crippen molar-refractivity contribution in [2.45, 2.75) is 76.9 Å². The molecule has 0 aromatic heterocycles. The van der Waals surface area contributed by atoms with E-state index in [4.69, 9.17) is 18.9 Å². The molecule has 5 heterocycles. The summed E-state index contributed by atoms with van der Waals surface area (Å²) in [6, 6.07) is -0.0640. The molecule has 170 valence electrons. The van der Waals surface area contributed by atoms with Crippen molar-refractivity contribution >= 4 is 11.9 Å². The fourth-order valence-electron chi connectivity index (χ4n) is 6.35. The number of rotatable bonds is 2. The van der Waals surface area contributed by atoms with Gasteiger partial charge in [0.15, 0.2) is 5.76 Å². The number of carbonyl (C=O) groups is 2. The molecule has 4 saturated heterocycles. The molecular weight excluding hydrogens is 402 g/mol. The van der Waals surface area contributed by atoms with E-state index >= 15 is 0 Å². The van der Waals surface area contributed by atoms with Crippen LogP contribution in [0, 0.1) is 17.8 Å². The molecular formula is C23H31NO7. The van der Waals surface area contributed by atoms with Gasteiger partial charge in [-0.1, -0.05) is 13.8 Å². The van der Waals surface area contributed by atoms with Gasteiger partial charge >= 0.3 is 11.9 Å². The molecule has 31 heavy (non-hydrogen) atoms. The van der Waals surface area contributed by atoms with E-state index in [-0.39, 0.29) is 48.0 Å². The highest BCUT2D eigenvalue weighted by Crippen LogP contribution is 2.50. The van der Waals surface area contributed by atoms with Gasteiger partial charge in [-0.15, -0.1) is 0 Å². The van der Waals surface area contributed by atoms with Gasteiger partial charge in [0.2, 0.25) is 5.76 Å². The Morgan fingerprint density at radius 2 is 1.90 bits per heavy atom. The zero-order chi connectivity index (χ0) is 22.0. The minimum atomic E-state index is -0.522. The van der Waals surface area contributed by atoms with E-state index < -0.39 is 12.1 Å². The number of cyclic esters (lactones) is 2. The molecule has 0 aromatic carbocycles. The Morgan fingerprint density at radius 1 is 1.13 bits per heavy atom. The summed E-state index contributed by atoms with van der Waals surface area (Å²) in [5.41, 5.74) is 0.438. The van der Waals surface area contributed by atoms with Gasteiger partial charge in [-0.05, 0) is 39.2 Å². The maximum absolute atomic E-state index is 12.1. The third kappa shape index (κ3) is 3.09. The van der Waals surface area contributed by atoms with E-state index in [1.54, 1.807) is 6.92 Å². The summed E-state index contributed by atoms with van der Waals surface area (Å²) < 4.78 is 23.0. The number of hydrogen-bond acceptors (Lipinski definition) is 8. The first kappa shape index (κ1) is 20.8. The maximum Gasteiger partial charge on any atom is 0.343 e. The lowest BCUT2D eigenvalue weighted by atomic mass is 9.81. The number of carbonyl (C=O) groups excluding carboxylic acids is 2. The Labute approximate surface area is 182 Å². The Bertz CT molecular complexity index is 864. The first-order valence-electron chi connectivity index (χ1n) is 11.3. The van der Waals surface area contributed by atoms with Gasteiger partial charge in [-0.3, -0.25) is 9.69 Å². The second kappa shape index (κ2) is 7.52. The van der Waals surface area contributed by atoms with Crippen LogP contribution in [0.1, 0.15) is 46.5 Å². The Morgan fingerprint density at radius 3 is 2.58 bits per heavy atom. The minimum Gasteiger partial charge on any atom is -0.492 e. The molecule has 0 aromatic rings. The van der Waals surface area contributed by atoms with E-state index in [1.165, 1.54) is 7.11 Å². The third-order valence-corrected chi connectivity index (χ3v) is 7.84. The number of ether oxygens (including phenoxy) is 4. The number of aliphatic hydroxyl groups excluding tert-OH is 1. The topological polar surface area (TPSA) is 94.5 Å². The number of esters is 2. The predicted octanol–water partition coefficient (Wildman–Crippen LogP) is 1.88. The third-order valence-electron chi connectivity index (χ3n) is 7.84. The predicted molar refractivity (Wildman–Crippen MR) is 108 cm³/mol. The van der Waals surface area contributed by atoms with Gasteiger partial charge in [0.05, 0.1) is 24.7 Å². The second-order valence-electron chi connectivity index (χ2n) is 9.62. The van der Waals surface area contributed by atoms with Gasteiger partial charge in [0.25, 0.3) is 0 Å². The quantitative estimate of drug-likeness (QED) is 0.660. The minimum absolute atomic E-state index is 0.0255. The molecule has 5 aliphatic heterocycles. The molecule has 0 spiro atoms. The van der Waals surface area contributed by atoms with Crippen LogP contribution in [0.4, 0.5) is 0 Å².